The Kier molecular flexibility index (Phi) is 9.44. The van der Waals surface area contributed by atoms with Gasteiger partial charge in [-0.25, -0.2) is 24.5 Å². The van der Waals surface area contributed by atoms with Crippen LogP contribution in [0.15, 0.2) is 42.8 Å². The summed E-state index contributed by atoms with van der Waals surface area (Å²) in [6.45, 7) is 7.96. The van der Waals surface area contributed by atoms with Crippen molar-refractivity contribution < 1.29 is 19.8 Å². The molecule has 0 saturated heterocycles. The van der Waals surface area contributed by atoms with Gasteiger partial charge in [0.25, 0.3) is 0 Å². The number of carboxylic acid groups (broad SMARTS) is 2. The van der Waals surface area contributed by atoms with E-state index in [-0.39, 0.29) is 5.92 Å². The van der Waals surface area contributed by atoms with Crippen molar-refractivity contribution in [1.82, 2.24) is 15.0 Å². The molecule has 0 saturated carbocycles. The maximum absolute atomic E-state index is 11.5. The van der Waals surface area contributed by atoms with E-state index in [9.17, 15) is 19.8 Å². The lowest BCUT2D eigenvalue weighted by Crippen LogP contribution is -2.16. The van der Waals surface area contributed by atoms with E-state index in [1.54, 1.807) is 18.2 Å². The topological polar surface area (TPSA) is 139 Å². The van der Waals surface area contributed by atoms with Gasteiger partial charge in [-0.15, -0.1) is 0 Å². The summed E-state index contributed by atoms with van der Waals surface area (Å²) in [5.41, 5.74) is 7.78. The molecule has 2 rings (SSSR count). The Bertz CT molecular complexity index is 806. The van der Waals surface area contributed by atoms with E-state index in [1.807, 2.05) is 27.7 Å². The number of hydrogen-bond acceptors (Lipinski definition) is 6. The first kappa shape index (κ1) is 23.7. The van der Waals surface area contributed by atoms with E-state index in [1.165, 1.54) is 19.0 Å². The molecule has 2 aromatic rings. The summed E-state index contributed by atoms with van der Waals surface area (Å²) < 4.78 is 0. The zero-order chi connectivity index (χ0) is 22.0. The lowest BCUT2D eigenvalue weighted by molar-refractivity contribution is -0.140. The molecule has 29 heavy (non-hydrogen) atoms. The van der Waals surface area contributed by atoms with Crippen molar-refractivity contribution in [1.29, 1.82) is 0 Å². The highest BCUT2D eigenvalue weighted by molar-refractivity contribution is 6.18. The Morgan fingerprint density at radius 2 is 1.45 bits per heavy atom. The lowest BCUT2D eigenvalue weighted by atomic mass is 9.86. The molecule has 0 fully saturated rings. The van der Waals surface area contributed by atoms with Crippen LogP contribution in [0.4, 0.5) is 5.69 Å². The first-order valence-electron chi connectivity index (χ1n) is 9.26. The maximum atomic E-state index is 11.5. The highest BCUT2D eigenvalue weighted by Crippen LogP contribution is 2.31. The van der Waals surface area contributed by atoms with Gasteiger partial charge in [-0.05, 0) is 53.5 Å². The number of aliphatic carboxylic acids is 2. The summed E-state index contributed by atoms with van der Waals surface area (Å²) >= 11 is 0. The van der Waals surface area contributed by atoms with Gasteiger partial charge in [0.2, 0.25) is 0 Å². The van der Waals surface area contributed by atoms with Crippen molar-refractivity contribution in [2.75, 3.05) is 5.73 Å². The van der Waals surface area contributed by atoms with Crippen LogP contribution in [-0.4, -0.2) is 37.1 Å². The lowest BCUT2D eigenvalue weighted by Gasteiger charge is -2.18. The fraction of sp³-hybridized carbons (Fsp3) is 0.381. The van der Waals surface area contributed by atoms with Gasteiger partial charge >= 0.3 is 11.9 Å². The van der Waals surface area contributed by atoms with Crippen molar-refractivity contribution in [2.45, 2.75) is 40.5 Å². The van der Waals surface area contributed by atoms with Crippen LogP contribution in [0.25, 0.3) is 5.57 Å². The Balaban J connectivity index is 0.000000594. The minimum absolute atomic E-state index is 0.128. The van der Waals surface area contributed by atoms with Crippen molar-refractivity contribution in [2.24, 2.45) is 11.8 Å². The van der Waals surface area contributed by atoms with Crippen molar-refractivity contribution >= 4 is 23.2 Å². The fourth-order valence-corrected chi connectivity index (χ4v) is 2.83. The molecule has 1 aromatic heterocycles. The van der Waals surface area contributed by atoms with Gasteiger partial charge in [0, 0.05) is 5.69 Å². The third kappa shape index (κ3) is 8.08. The van der Waals surface area contributed by atoms with E-state index < -0.39 is 17.5 Å². The summed E-state index contributed by atoms with van der Waals surface area (Å²) in [7, 11) is 0. The second kappa shape index (κ2) is 11.5. The number of nitrogens with two attached hydrogens (primary N) is 1. The van der Waals surface area contributed by atoms with Crippen LogP contribution in [0, 0.1) is 11.8 Å². The molecule has 1 aromatic carbocycles. The van der Waals surface area contributed by atoms with Crippen LogP contribution < -0.4 is 5.73 Å². The molecule has 156 valence electrons. The van der Waals surface area contributed by atoms with Crippen LogP contribution in [0.2, 0.25) is 0 Å². The predicted molar refractivity (Wildman–Crippen MR) is 111 cm³/mol. The van der Waals surface area contributed by atoms with Crippen LogP contribution in [0.5, 0.6) is 0 Å². The van der Waals surface area contributed by atoms with Gasteiger partial charge in [-0.3, -0.25) is 0 Å². The number of rotatable bonds is 7. The normalized spacial score (nSPS) is 10.3. The van der Waals surface area contributed by atoms with E-state index in [2.05, 4.69) is 15.0 Å². The van der Waals surface area contributed by atoms with Crippen LogP contribution >= 0.6 is 0 Å². The molecule has 0 amide bonds. The second-order valence-corrected chi connectivity index (χ2v) is 7.37. The van der Waals surface area contributed by atoms with Crippen LogP contribution in [-0.2, 0) is 16.0 Å². The average Bonchev–Trinajstić information content (AvgIpc) is 2.62. The summed E-state index contributed by atoms with van der Waals surface area (Å²) in [5.74, 6) is -2.36. The Morgan fingerprint density at radius 1 is 0.931 bits per heavy atom. The minimum atomic E-state index is -1.42. The SMILES string of the molecule is CC(C)CC(=C(C(=O)O)C(=O)O)c1ccc(N)cc1CC(C)C.c1ncncn1. The Morgan fingerprint density at radius 3 is 1.83 bits per heavy atom. The van der Waals surface area contributed by atoms with Crippen LogP contribution in [0.3, 0.4) is 0 Å². The average molecular weight is 400 g/mol. The van der Waals surface area contributed by atoms with Gasteiger partial charge in [0.1, 0.15) is 24.6 Å². The summed E-state index contributed by atoms with van der Waals surface area (Å²) in [5, 5.41) is 18.7. The quantitative estimate of drug-likeness (QED) is 0.278. The molecule has 8 nitrogen and oxygen atoms in total. The second-order valence-electron chi connectivity index (χ2n) is 7.37. The Labute approximate surface area is 170 Å². The van der Waals surface area contributed by atoms with E-state index in [4.69, 9.17) is 5.73 Å². The maximum Gasteiger partial charge on any atom is 0.343 e. The van der Waals surface area contributed by atoms with Crippen LogP contribution in [0.1, 0.15) is 45.2 Å². The third-order valence-corrected chi connectivity index (χ3v) is 3.82. The van der Waals surface area contributed by atoms with Crippen molar-refractivity contribution in [3.63, 3.8) is 0 Å². The monoisotopic (exact) mass is 400 g/mol. The number of hydrogen-bond donors (Lipinski definition) is 3. The standard InChI is InChI=1S/C18H25NO4.C3H3N3/c1-10(2)7-12-9-13(19)5-6-14(12)15(8-11(3)4)16(17(20)21)18(22)23;1-4-2-6-3-5-1/h5-6,9-11H,7-8,19H2,1-4H3,(H,20,21)(H,22,23);1-3H. The highest BCUT2D eigenvalue weighted by Gasteiger charge is 2.25. The third-order valence-electron chi connectivity index (χ3n) is 3.82. The summed E-state index contributed by atoms with van der Waals surface area (Å²) in [6, 6.07) is 5.22. The fourth-order valence-electron chi connectivity index (χ4n) is 2.83. The highest BCUT2D eigenvalue weighted by atomic mass is 16.4. The molecule has 8 heteroatoms. The molecule has 0 spiro atoms. The molecule has 0 unspecified atom stereocenters. The molecular formula is C21H28N4O4. The zero-order valence-corrected chi connectivity index (χ0v) is 17.2. The van der Waals surface area contributed by atoms with Gasteiger partial charge in [0.15, 0.2) is 0 Å². The predicted octanol–water partition coefficient (Wildman–Crippen LogP) is 3.31. The first-order chi connectivity index (χ1) is 13.6. The molecular weight excluding hydrogens is 372 g/mol. The molecule has 1 heterocycles. The van der Waals surface area contributed by atoms with Gasteiger partial charge < -0.3 is 15.9 Å². The van der Waals surface area contributed by atoms with E-state index in [0.717, 1.165) is 5.56 Å². The number of benzene rings is 1. The smallest absolute Gasteiger partial charge is 0.343 e. The minimum Gasteiger partial charge on any atom is -0.477 e. The van der Waals surface area contributed by atoms with Gasteiger partial charge in [0.05, 0.1) is 0 Å². The van der Waals surface area contributed by atoms with Crippen molar-refractivity contribution in [3.8, 4) is 0 Å². The number of anilines is 1. The van der Waals surface area contributed by atoms with Crippen molar-refractivity contribution in [3.05, 3.63) is 53.9 Å². The molecule has 0 radical (unpaired) electrons. The van der Waals surface area contributed by atoms with E-state index in [0.29, 0.717) is 35.6 Å². The number of carboxylic acids is 2. The molecule has 0 bridgehead atoms. The van der Waals surface area contributed by atoms with Gasteiger partial charge in [-0.2, -0.15) is 0 Å². The van der Waals surface area contributed by atoms with E-state index >= 15 is 0 Å². The largest absolute Gasteiger partial charge is 0.477 e. The number of allylic oxidation sites excluding steroid dienone is 1. The summed E-state index contributed by atoms with van der Waals surface area (Å²) in [4.78, 5) is 33.6. The Hall–Kier alpha value is -3.29. The number of nitrogens with zero attached hydrogens (tertiary/aromatic N) is 3. The molecule has 0 aliphatic carbocycles. The molecule has 0 aliphatic rings. The molecule has 4 N–H and O–H groups in total. The molecule has 0 aliphatic heterocycles. The van der Waals surface area contributed by atoms with Gasteiger partial charge in [-0.1, -0.05) is 33.8 Å². The number of nitrogen functional groups attached to an aromatic ring is 1. The number of aromatic nitrogens is 3. The first-order valence-corrected chi connectivity index (χ1v) is 9.26. The molecule has 0 atom stereocenters. The number of carbonyl (C=O) groups is 2. The zero-order valence-electron chi connectivity index (χ0n) is 17.2. The summed E-state index contributed by atoms with van der Waals surface area (Å²) in [6.07, 6.45) is 5.39.